The molecule has 0 radical (unpaired) electrons. The van der Waals surface area contributed by atoms with Crippen molar-refractivity contribution in [2.75, 3.05) is 19.6 Å². The van der Waals surface area contributed by atoms with Gasteiger partial charge >= 0.3 is 0 Å². The van der Waals surface area contributed by atoms with Gasteiger partial charge in [-0.1, -0.05) is 18.2 Å². The Morgan fingerprint density at radius 3 is 3.03 bits per heavy atom. The average molecular weight is 477 g/mol. The molecule has 1 fully saturated rings. The number of fused-ring (bicyclic) bond motifs is 2. The van der Waals surface area contributed by atoms with E-state index >= 15 is 0 Å². The van der Waals surface area contributed by atoms with E-state index in [1.165, 1.54) is 12.1 Å². The number of benzene rings is 2. The molecule has 1 N–H and O–H groups in total. The molecule has 2 unspecified atom stereocenters. The fourth-order valence-corrected chi connectivity index (χ4v) is 5.72. The lowest BCUT2D eigenvalue weighted by Gasteiger charge is -2.28. The number of H-pyrrole nitrogens is 1. The van der Waals surface area contributed by atoms with Gasteiger partial charge < -0.3 is 14.6 Å². The van der Waals surface area contributed by atoms with Crippen LogP contribution in [0.25, 0.3) is 11.0 Å². The zero-order valence-electron chi connectivity index (χ0n) is 18.6. The van der Waals surface area contributed by atoms with Crippen LogP contribution in [0.3, 0.4) is 0 Å². The number of carbonyl (C=O) groups is 1. The number of para-hydroxylation sites is 1. The molecule has 0 aliphatic carbocycles. The van der Waals surface area contributed by atoms with Crippen LogP contribution in [0.15, 0.2) is 59.3 Å². The van der Waals surface area contributed by atoms with Crippen molar-refractivity contribution in [1.82, 2.24) is 19.8 Å². The number of aromatic amines is 1. The topological polar surface area (TPSA) is 61.5 Å². The van der Waals surface area contributed by atoms with Crippen molar-refractivity contribution in [3.8, 4) is 5.75 Å². The van der Waals surface area contributed by atoms with Crippen molar-refractivity contribution >= 4 is 28.3 Å². The number of halogens is 1. The molecule has 2 aliphatic heterocycles. The van der Waals surface area contributed by atoms with Crippen LogP contribution in [-0.4, -0.2) is 45.3 Å². The van der Waals surface area contributed by atoms with E-state index in [0.717, 1.165) is 41.1 Å². The first-order chi connectivity index (χ1) is 16.6. The fourth-order valence-electron chi connectivity index (χ4n) is 5.02. The van der Waals surface area contributed by atoms with Crippen molar-refractivity contribution in [2.24, 2.45) is 0 Å². The molecule has 6 rings (SSSR count). The summed E-state index contributed by atoms with van der Waals surface area (Å²) in [6, 6.07) is 14.6. The Labute approximate surface area is 201 Å². The first-order valence-corrected chi connectivity index (χ1v) is 12.5. The molecule has 0 saturated carbocycles. The minimum Gasteiger partial charge on any atom is -0.484 e. The van der Waals surface area contributed by atoms with Gasteiger partial charge in [0.05, 0.1) is 23.6 Å². The number of hydrogen-bond acceptors (Lipinski definition) is 5. The van der Waals surface area contributed by atoms with Crippen LogP contribution in [0.4, 0.5) is 4.39 Å². The highest BCUT2D eigenvalue weighted by atomic mass is 32.1. The van der Waals surface area contributed by atoms with E-state index in [4.69, 9.17) is 4.74 Å². The monoisotopic (exact) mass is 476 g/mol. The normalized spacial score (nSPS) is 20.8. The third kappa shape index (κ3) is 4.08. The zero-order chi connectivity index (χ0) is 23.1. The molecule has 2 aliphatic rings. The molecule has 8 heteroatoms. The average Bonchev–Trinajstić information content (AvgIpc) is 3.58. The van der Waals surface area contributed by atoms with Crippen LogP contribution in [0, 0.1) is 5.82 Å². The number of imidazole rings is 1. The molecular formula is C26H25FN4O2S. The van der Waals surface area contributed by atoms with Crippen LogP contribution >= 0.6 is 11.3 Å². The van der Waals surface area contributed by atoms with Crippen LogP contribution in [0.1, 0.15) is 41.9 Å². The zero-order valence-corrected chi connectivity index (χ0v) is 19.4. The van der Waals surface area contributed by atoms with E-state index in [1.807, 2.05) is 23.1 Å². The lowest BCUT2D eigenvalue weighted by Crippen LogP contribution is -2.41. The Balaban J connectivity index is 1.23. The molecule has 6 nitrogen and oxygen atoms in total. The van der Waals surface area contributed by atoms with Crippen LogP contribution in [-0.2, 0) is 11.3 Å². The number of ether oxygens (including phenoxy) is 1. The molecule has 0 bridgehead atoms. The van der Waals surface area contributed by atoms with Gasteiger partial charge in [0.1, 0.15) is 23.5 Å². The summed E-state index contributed by atoms with van der Waals surface area (Å²) in [5, 5.41) is 4.17. The Morgan fingerprint density at radius 1 is 1.24 bits per heavy atom. The van der Waals surface area contributed by atoms with E-state index in [-0.39, 0.29) is 23.9 Å². The van der Waals surface area contributed by atoms with Gasteiger partial charge in [-0.25, -0.2) is 9.37 Å². The Morgan fingerprint density at radius 2 is 2.15 bits per heavy atom. The fraction of sp³-hybridized carbons (Fsp3) is 0.308. The summed E-state index contributed by atoms with van der Waals surface area (Å²) in [6.45, 7) is 2.30. The van der Waals surface area contributed by atoms with Gasteiger partial charge in [-0.05, 0) is 53.9 Å². The van der Waals surface area contributed by atoms with Gasteiger partial charge in [-0.3, -0.25) is 9.69 Å². The number of hydrogen-bond donors (Lipinski definition) is 1. The summed E-state index contributed by atoms with van der Waals surface area (Å²) in [7, 11) is 0. The van der Waals surface area contributed by atoms with E-state index in [9.17, 15) is 9.18 Å². The second kappa shape index (κ2) is 8.85. The highest BCUT2D eigenvalue weighted by molar-refractivity contribution is 7.07. The minimum atomic E-state index is -0.300. The van der Waals surface area contributed by atoms with E-state index in [0.29, 0.717) is 31.7 Å². The van der Waals surface area contributed by atoms with E-state index < -0.39 is 0 Å². The number of amides is 1. The summed E-state index contributed by atoms with van der Waals surface area (Å²) in [6.07, 6.45) is 1.64. The molecule has 1 saturated heterocycles. The molecule has 0 spiro atoms. The van der Waals surface area contributed by atoms with Gasteiger partial charge in [0.2, 0.25) is 5.91 Å². The first kappa shape index (κ1) is 21.3. The molecule has 2 aromatic heterocycles. The number of nitrogens with one attached hydrogen (secondary N) is 1. The van der Waals surface area contributed by atoms with Crippen molar-refractivity contribution in [2.45, 2.75) is 31.5 Å². The molecule has 174 valence electrons. The van der Waals surface area contributed by atoms with Crippen LogP contribution in [0.2, 0.25) is 0 Å². The second-order valence-corrected chi connectivity index (χ2v) is 9.75. The Bertz CT molecular complexity index is 1320. The smallest absolute Gasteiger partial charge is 0.237 e. The number of thiophene rings is 1. The summed E-state index contributed by atoms with van der Waals surface area (Å²) < 4.78 is 20.0. The maximum absolute atomic E-state index is 13.6. The highest BCUT2D eigenvalue weighted by Crippen LogP contribution is 2.34. The van der Waals surface area contributed by atoms with E-state index in [1.54, 1.807) is 17.4 Å². The predicted molar refractivity (Wildman–Crippen MR) is 129 cm³/mol. The van der Waals surface area contributed by atoms with Gasteiger partial charge in [0.25, 0.3) is 0 Å². The number of aromatic nitrogens is 2. The van der Waals surface area contributed by atoms with Crippen LogP contribution in [0.5, 0.6) is 5.75 Å². The number of likely N-dealkylation sites (tertiary alicyclic amines) is 1. The van der Waals surface area contributed by atoms with Crippen molar-refractivity contribution < 1.29 is 13.9 Å². The van der Waals surface area contributed by atoms with Crippen molar-refractivity contribution in [3.63, 3.8) is 0 Å². The molecule has 1 amide bonds. The maximum Gasteiger partial charge on any atom is 0.237 e. The molecule has 4 aromatic rings. The lowest BCUT2D eigenvalue weighted by molar-refractivity contribution is -0.133. The maximum atomic E-state index is 13.6. The van der Waals surface area contributed by atoms with Crippen molar-refractivity contribution in [3.05, 3.63) is 82.1 Å². The highest BCUT2D eigenvalue weighted by Gasteiger charge is 2.34. The SMILES string of the molecule is O=C(CN1Cc2ccccc2OC(c2ccsc2)C1)N1CCCC1c1nc2ccc(F)cc2[nH]1. The molecule has 2 aromatic carbocycles. The molecular weight excluding hydrogens is 451 g/mol. The predicted octanol–water partition coefficient (Wildman–Crippen LogP) is 5.06. The molecule has 34 heavy (non-hydrogen) atoms. The van der Waals surface area contributed by atoms with E-state index in [2.05, 4.69) is 37.8 Å². The summed E-state index contributed by atoms with van der Waals surface area (Å²) in [4.78, 5) is 25.5. The first-order valence-electron chi connectivity index (χ1n) is 11.6. The van der Waals surface area contributed by atoms with Crippen LogP contribution < -0.4 is 4.74 Å². The second-order valence-electron chi connectivity index (χ2n) is 8.97. The lowest BCUT2D eigenvalue weighted by atomic mass is 10.1. The number of carbonyl (C=O) groups excluding carboxylic acids is 1. The summed E-state index contributed by atoms with van der Waals surface area (Å²) in [5.74, 6) is 1.39. The third-order valence-corrected chi connectivity index (χ3v) is 7.39. The number of rotatable bonds is 4. The molecule has 2 atom stereocenters. The Hall–Kier alpha value is -3.23. The van der Waals surface area contributed by atoms with Gasteiger partial charge in [0, 0.05) is 30.8 Å². The number of nitrogens with zero attached hydrogens (tertiary/aromatic N) is 3. The Kier molecular flexibility index (Phi) is 5.55. The summed E-state index contributed by atoms with van der Waals surface area (Å²) in [5.41, 5.74) is 3.60. The largest absolute Gasteiger partial charge is 0.484 e. The third-order valence-electron chi connectivity index (χ3n) is 6.68. The standard InChI is InChI=1S/C26H25FN4O2S/c27-19-7-8-20-21(12-19)29-26(28-20)22-5-3-10-31(22)25(32)15-30-13-17-4-1-2-6-23(17)33-24(14-30)18-9-11-34-16-18/h1-2,4,6-9,11-12,16,22,24H,3,5,10,13-15H2,(H,28,29). The summed E-state index contributed by atoms with van der Waals surface area (Å²) >= 11 is 1.65. The minimum absolute atomic E-state index is 0.0811. The van der Waals surface area contributed by atoms with Crippen molar-refractivity contribution in [1.29, 1.82) is 0 Å². The van der Waals surface area contributed by atoms with Gasteiger partial charge in [-0.15, -0.1) is 0 Å². The quantitative estimate of drug-likeness (QED) is 0.447. The molecule has 4 heterocycles. The van der Waals surface area contributed by atoms with Gasteiger partial charge in [-0.2, -0.15) is 11.3 Å². The van der Waals surface area contributed by atoms with Gasteiger partial charge in [0.15, 0.2) is 0 Å².